The summed E-state index contributed by atoms with van der Waals surface area (Å²) in [5, 5.41) is 0. The Kier molecular flexibility index (Phi) is 59.3. The molecular weight excluding hydrogens is 972 g/mol. The first kappa shape index (κ1) is 74.2. The molecule has 448 valence electrons. The van der Waals surface area contributed by atoms with E-state index in [9.17, 15) is 14.2 Å². The Balaban J connectivity index is 5.00. The lowest BCUT2D eigenvalue weighted by Gasteiger charge is -2.26. The molecule has 0 aromatic heterocycles. The number of rotatable bonds is 62. The second-order valence-corrected chi connectivity index (χ2v) is 22.8. The molecule has 0 N–H and O–H groups in total. The highest BCUT2D eigenvalue weighted by molar-refractivity contribution is 7.48. The van der Waals surface area contributed by atoms with Gasteiger partial charge in [-0.05, 0) is 136 Å². The van der Waals surface area contributed by atoms with Crippen LogP contribution in [0.4, 0.5) is 0 Å². The number of carbonyl (C=O) groups excluding carboxylic acids is 2. The van der Waals surface area contributed by atoms with Gasteiger partial charge >= 0.3 is 19.8 Å². The van der Waals surface area contributed by atoms with Crippen molar-refractivity contribution in [1.82, 2.24) is 9.80 Å². The standard InChI is InChI=1S/C64H123N2O9P/c1-6-11-14-17-26-35-44-58-70-59-45-36-29-20-23-32-41-52-65(53-42-33-24-21-30-39-50-63(67)71-60-46-37-27-18-15-12-7-2)55-48-56-66(57-49-62-75-76(69,73-9-4)74-10-5)54-43-34-25-22-31-40-51-64(68)72-61-47-38-28-19-16-13-8-3/h35,37-38,44,46-47H,6-34,36,39-43,45,48-62H2,1-5H3/b44-35-,46-37-,47-38-. The van der Waals surface area contributed by atoms with Gasteiger partial charge in [0.25, 0.3) is 0 Å². The molecule has 0 aliphatic carbocycles. The molecule has 12 heteroatoms. The minimum Gasteiger partial charge on any atom is -0.461 e. The van der Waals surface area contributed by atoms with Crippen molar-refractivity contribution in [3.63, 3.8) is 0 Å². The van der Waals surface area contributed by atoms with Crippen molar-refractivity contribution >= 4 is 19.8 Å². The summed E-state index contributed by atoms with van der Waals surface area (Å²) in [7, 11) is -3.53. The van der Waals surface area contributed by atoms with Crippen molar-refractivity contribution in [2.24, 2.45) is 0 Å². The van der Waals surface area contributed by atoms with Crippen molar-refractivity contribution in [2.45, 2.75) is 279 Å². The number of ether oxygens (including phenoxy) is 3. The molecule has 76 heavy (non-hydrogen) atoms. The molecule has 0 saturated heterocycles. The fraction of sp³-hybridized carbons (Fsp3) is 0.875. The molecule has 0 bridgehead atoms. The molecule has 0 radical (unpaired) electrons. The number of carbonyl (C=O) groups is 2. The maximum absolute atomic E-state index is 13.0. The van der Waals surface area contributed by atoms with E-state index in [1.807, 2.05) is 12.2 Å². The average Bonchev–Trinajstić information content (AvgIpc) is 3.41. The van der Waals surface area contributed by atoms with Crippen LogP contribution in [0.5, 0.6) is 0 Å². The van der Waals surface area contributed by atoms with Gasteiger partial charge in [0.2, 0.25) is 0 Å². The van der Waals surface area contributed by atoms with Crippen LogP contribution in [0, 0.1) is 0 Å². The molecule has 0 spiro atoms. The Morgan fingerprint density at radius 1 is 0.342 bits per heavy atom. The first-order valence-corrected chi connectivity index (χ1v) is 33.6. The molecule has 0 aliphatic rings. The highest BCUT2D eigenvalue weighted by atomic mass is 31.2. The molecule has 0 aromatic rings. The van der Waals surface area contributed by atoms with Gasteiger partial charge in [-0.25, -0.2) is 4.57 Å². The molecule has 0 atom stereocenters. The van der Waals surface area contributed by atoms with Crippen LogP contribution in [-0.2, 0) is 41.9 Å². The Morgan fingerprint density at radius 3 is 1.09 bits per heavy atom. The molecule has 0 saturated carbocycles. The molecule has 0 fully saturated rings. The topological polar surface area (TPSA) is 113 Å². The lowest BCUT2D eigenvalue weighted by atomic mass is 10.1. The molecule has 0 aliphatic heterocycles. The molecule has 0 unspecified atom stereocenters. The second-order valence-electron chi connectivity index (χ2n) is 21.1. The van der Waals surface area contributed by atoms with Crippen molar-refractivity contribution in [1.29, 1.82) is 0 Å². The number of esters is 2. The van der Waals surface area contributed by atoms with Gasteiger partial charge in [-0.3, -0.25) is 23.2 Å². The summed E-state index contributed by atoms with van der Waals surface area (Å²) >= 11 is 0. The van der Waals surface area contributed by atoms with Gasteiger partial charge in [0.05, 0.1) is 26.4 Å². The fourth-order valence-electron chi connectivity index (χ4n) is 9.33. The smallest absolute Gasteiger partial charge is 0.461 e. The number of nitrogens with zero attached hydrogens (tertiary/aromatic N) is 2. The zero-order chi connectivity index (χ0) is 55.4. The van der Waals surface area contributed by atoms with Crippen molar-refractivity contribution in [2.75, 3.05) is 85.5 Å². The highest BCUT2D eigenvalue weighted by Crippen LogP contribution is 2.49. The summed E-state index contributed by atoms with van der Waals surface area (Å²) in [6, 6.07) is 0. The van der Waals surface area contributed by atoms with Crippen LogP contribution >= 0.6 is 7.82 Å². The quantitative estimate of drug-likeness (QED) is 0.0251. The highest BCUT2D eigenvalue weighted by Gasteiger charge is 2.25. The van der Waals surface area contributed by atoms with Gasteiger partial charge in [0.15, 0.2) is 0 Å². The lowest BCUT2D eigenvalue weighted by Crippen LogP contribution is -2.33. The largest absolute Gasteiger partial charge is 0.474 e. The predicted octanol–water partition coefficient (Wildman–Crippen LogP) is 18.4. The molecule has 0 heterocycles. The van der Waals surface area contributed by atoms with Gasteiger partial charge in [-0.15, -0.1) is 0 Å². The van der Waals surface area contributed by atoms with E-state index in [2.05, 4.69) is 54.9 Å². The normalized spacial score (nSPS) is 12.2. The summed E-state index contributed by atoms with van der Waals surface area (Å²) in [5.74, 6) is -0.157. The summed E-state index contributed by atoms with van der Waals surface area (Å²) in [6.45, 7) is 20.0. The number of hydrogen-bond donors (Lipinski definition) is 0. The first-order chi connectivity index (χ1) is 37.3. The van der Waals surface area contributed by atoms with E-state index < -0.39 is 7.82 Å². The van der Waals surface area contributed by atoms with E-state index in [1.54, 1.807) is 13.8 Å². The first-order valence-electron chi connectivity index (χ1n) is 32.2. The molecular formula is C64H123N2O9P. The fourth-order valence-corrected chi connectivity index (χ4v) is 10.5. The number of phosphoric acid groups is 1. The van der Waals surface area contributed by atoms with Crippen LogP contribution in [-0.4, -0.2) is 107 Å². The van der Waals surface area contributed by atoms with Gasteiger partial charge < -0.3 is 24.0 Å². The van der Waals surface area contributed by atoms with E-state index in [1.165, 1.54) is 161 Å². The summed E-state index contributed by atoms with van der Waals surface area (Å²) < 4.78 is 46.1. The Morgan fingerprint density at radius 2 is 0.684 bits per heavy atom. The summed E-state index contributed by atoms with van der Waals surface area (Å²) in [5.41, 5.74) is 0. The number of unbranched alkanes of at least 4 members (excludes halogenated alkanes) is 28. The Hall–Kier alpha value is -1.85. The van der Waals surface area contributed by atoms with E-state index in [4.69, 9.17) is 27.8 Å². The summed E-state index contributed by atoms with van der Waals surface area (Å²) in [4.78, 5) is 29.8. The van der Waals surface area contributed by atoms with E-state index in [0.29, 0.717) is 32.7 Å². The predicted molar refractivity (Wildman–Crippen MR) is 322 cm³/mol. The van der Waals surface area contributed by atoms with Crippen molar-refractivity contribution < 1.29 is 41.9 Å². The van der Waals surface area contributed by atoms with Crippen LogP contribution < -0.4 is 0 Å². The molecule has 0 aromatic carbocycles. The van der Waals surface area contributed by atoms with Crippen molar-refractivity contribution in [3.8, 4) is 0 Å². The van der Waals surface area contributed by atoms with Crippen LogP contribution in [0.15, 0.2) is 36.5 Å². The Bertz CT molecular complexity index is 1350. The number of phosphoric ester groups is 1. The third-order valence-corrected chi connectivity index (χ3v) is 15.6. The third kappa shape index (κ3) is 55.5. The van der Waals surface area contributed by atoms with Gasteiger partial charge in [-0.2, -0.15) is 0 Å². The molecule has 0 rings (SSSR count). The summed E-state index contributed by atoms with van der Waals surface area (Å²) in [6.07, 6.45) is 56.5. The van der Waals surface area contributed by atoms with Crippen LogP contribution in [0.2, 0.25) is 0 Å². The zero-order valence-corrected chi connectivity index (χ0v) is 51.4. The lowest BCUT2D eigenvalue weighted by molar-refractivity contribution is -0.143. The minimum atomic E-state index is -3.53. The van der Waals surface area contributed by atoms with E-state index in [-0.39, 0.29) is 25.2 Å². The van der Waals surface area contributed by atoms with Gasteiger partial charge in [0.1, 0.15) is 13.2 Å². The van der Waals surface area contributed by atoms with Crippen LogP contribution in [0.3, 0.4) is 0 Å². The average molecular weight is 1100 g/mol. The van der Waals surface area contributed by atoms with E-state index in [0.717, 1.165) is 123 Å². The number of hydrogen-bond acceptors (Lipinski definition) is 11. The zero-order valence-electron chi connectivity index (χ0n) is 50.5. The van der Waals surface area contributed by atoms with E-state index >= 15 is 0 Å². The Labute approximate surface area is 470 Å². The van der Waals surface area contributed by atoms with Crippen molar-refractivity contribution in [3.05, 3.63) is 36.5 Å². The minimum absolute atomic E-state index is 0.0708. The molecule has 11 nitrogen and oxygen atoms in total. The monoisotopic (exact) mass is 1090 g/mol. The maximum Gasteiger partial charge on any atom is 0.474 e. The number of allylic oxidation sites excluding steroid dienone is 3. The van der Waals surface area contributed by atoms with Gasteiger partial charge in [0, 0.05) is 26.0 Å². The maximum atomic E-state index is 13.0. The van der Waals surface area contributed by atoms with Crippen LogP contribution in [0.1, 0.15) is 279 Å². The molecule has 0 amide bonds. The van der Waals surface area contributed by atoms with Gasteiger partial charge in [-0.1, -0.05) is 198 Å². The third-order valence-electron chi connectivity index (χ3n) is 13.9. The van der Waals surface area contributed by atoms with Crippen LogP contribution in [0.25, 0.3) is 0 Å². The SMILES string of the molecule is CCCCCC/C=C\COCCCCCCCCCN(CCCCCCCCC(=O)OC/C=C\CCCCCC)CCCN(CCCCCCCCC(=O)OC/C=C\CCCCCC)CCCOP(=O)(OCC)OCC. The second kappa shape index (κ2) is 60.8.